The second-order valence-electron chi connectivity index (χ2n) is 6.26. The summed E-state index contributed by atoms with van der Waals surface area (Å²) < 4.78 is 11.1. The summed E-state index contributed by atoms with van der Waals surface area (Å²) in [6, 6.07) is 23.8. The van der Waals surface area contributed by atoms with E-state index < -0.39 is 5.91 Å². The summed E-state index contributed by atoms with van der Waals surface area (Å²) in [4.78, 5) is 12.7. The molecule has 0 saturated heterocycles. The Labute approximate surface area is 169 Å². The zero-order valence-corrected chi connectivity index (χ0v) is 16.2. The number of amides is 1. The van der Waals surface area contributed by atoms with Crippen molar-refractivity contribution in [2.45, 2.75) is 6.92 Å². The van der Waals surface area contributed by atoms with Gasteiger partial charge in [-0.3, -0.25) is 4.79 Å². The summed E-state index contributed by atoms with van der Waals surface area (Å²) in [6.45, 7) is 1.90. The normalized spacial score (nSPS) is 10.7. The maximum absolute atomic E-state index is 12.7. The Kier molecular flexibility index (Phi) is 6.29. The first kappa shape index (κ1) is 19.7. The fourth-order valence-corrected chi connectivity index (χ4v) is 2.77. The molecule has 3 aromatic carbocycles. The molecule has 5 heteroatoms. The highest BCUT2D eigenvalue weighted by atomic mass is 16.5. The quantitative estimate of drug-likeness (QED) is 0.460. The van der Waals surface area contributed by atoms with E-state index in [9.17, 15) is 10.1 Å². The number of ether oxygens (including phenoxy) is 2. The van der Waals surface area contributed by atoms with E-state index in [-0.39, 0.29) is 5.57 Å². The van der Waals surface area contributed by atoms with E-state index in [0.717, 1.165) is 16.9 Å². The maximum Gasteiger partial charge on any atom is 0.266 e. The van der Waals surface area contributed by atoms with Crippen LogP contribution < -0.4 is 14.8 Å². The number of aryl methyl sites for hydroxylation is 1. The van der Waals surface area contributed by atoms with Gasteiger partial charge in [-0.05, 0) is 60.5 Å². The van der Waals surface area contributed by atoms with Gasteiger partial charge < -0.3 is 14.8 Å². The van der Waals surface area contributed by atoms with Gasteiger partial charge in [0.1, 0.15) is 23.1 Å². The predicted molar refractivity (Wildman–Crippen MR) is 113 cm³/mol. The molecule has 0 spiro atoms. The van der Waals surface area contributed by atoms with Crippen molar-refractivity contribution in [3.63, 3.8) is 0 Å². The van der Waals surface area contributed by atoms with Gasteiger partial charge in [-0.25, -0.2) is 0 Å². The monoisotopic (exact) mass is 384 g/mol. The Hall–Kier alpha value is -4.04. The predicted octanol–water partition coefficient (Wildman–Crippen LogP) is 5.34. The van der Waals surface area contributed by atoms with Crippen LogP contribution in [0.5, 0.6) is 17.2 Å². The molecular weight excluding hydrogens is 364 g/mol. The third-order valence-corrected chi connectivity index (χ3v) is 4.20. The molecule has 0 fully saturated rings. The molecule has 29 heavy (non-hydrogen) atoms. The van der Waals surface area contributed by atoms with E-state index in [1.807, 2.05) is 55.5 Å². The molecule has 1 amide bonds. The topological polar surface area (TPSA) is 71.3 Å². The van der Waals surface area contributed by atoms with Crippen LogP contribution in [0.1, 0.15) is 11.1 Å². The van der Waals surface area contributed by atoms with Crippen molar-refractivity contribution in [2.24, 2.45) is 0 Å². The highest BCUT2D eigenvalue weighted by molar-refractivity contribution is 6.10. The van der Waals surface area contributed by atoms with Crippen molar-refractivity contribution in [3.8, 4) is 23.3 Å². The summed E-state index contributed by atoms with van der Waals surface area (Å²) in [5.74, 6) is 1.38. The van der Waals surface area contributed by atoms with Crippen LogP contribution in [0.2, 0.25) is 0 Å². The van der Waals surface area contributed by atoms with Crippen LogP contribution in [0.4, 0.5) is 5.69 Å². The Morgan fingerprint density at radius 2 is 1.72 bits per heavy atom. The fraction of sp³-hybridized carbons (Fsp3) is 0.0833. The van der Waals surface area contributed by atoms with E-state index in [0.29, 0.717) is 17.2 Å². The molecular formula is C24H20N2O3. The van der Waals surface area contributed by atoms with Gasteiger partial charge in [0, 0.05) is 0 Å². The molecule has 0 aliphatic rings. The minimum atomic E-state index is -0.509. The van der Waals surface area contributed by atoms with Gasteiger partial charge in [-0.1, -0.05) is 36.4 Å². The van der Waals surface area contributed by atoms with Crippen molar-refractivity contribution in [3.05, 3.63) is 89.5 Å². The summed E-state index contributed by atoms with van der Waals surface area (Å²) in [6.07, 6.45) is 1.54. The summed E-state index contributed by atoms with van der Waals surface area (Å²) in [7, 11) is 1.60. The lowest BCUT2D eigenvalue weighted by atomic mass is 10.1. The van der Waals surface area contributed by atoms with Crippen LogP contribution in [0, 0.1) is 18.3 Å². The van der Waals surface area contributed by atoms with E-state index >= 15 is 0 Å². The van der Waals surface area contributed by atoms with Crippen LogP contribution in [-0.4, -0.2) is 13.0 Å². The van der Waals surface area contributed by atoms with Crippen molar-refractivity contribution >= 4 is 17.7 Å². The average molecular weight is 384 g/mol. The molecule has 0 aliphatic carbocycles. The molecule has 0 radical (unpaired) electrons. The number of para-hydroxylation sites is 3. The lowest BCUT2D eigenvalue weighted by Gasteiger charge is -2.12. The summed E-state index contributed by atoms with van der Waals surface area (Å²) in [5.41, 5.74) is 2.13. The third-order valence-electron chi connectivity index (χ3n) is 4.20. The molecule has 5 nitrogen and oxygen atoms in total. The van der Waals surface area contributed by atoms with Gasteiger partial charge in [0.15, 0.2) is 5.75 Å². The van der Waals surface area contributed by atoms with E-state index in [1.54, 1.807) is 43.5 Å². The number of anilines is 1. The number of nitrogens with zero attached hydrogens (tertiary/aromatic N) is 1. The summed E-state index contributed by atoms with van der Waals surface area (Å²) in [5, 5.41) is 12.2. The maximum atomic E-state index is 12.7. The minimum absolute atomic E-state index is 0.0101. The van der Waals surface area contributed by atoms with Gasteiger partial charge in [-0.15, -0.1) is 0 Å². The average Bonchev–Trinajstić information content (AvgIpc) is 2.74. The molecule has 0 heterocycles. The van der Waals surface area contributed by atoms with Crippen molar-refractivity contribution in [1.82, 2.24) is 0 Å². The second-order valence-corrected chi connectivity index (χ2v) is 6.26. The molecule has 1 N–H and O–H groups in total. The largest absolute Gasteiger partial charge is 0.496 e. The smallest absolute Gasteiger partial charge is 0.266 e. The molecule has 144 valence electrons. The third kappa shape index (κ3) is 5.02. The number of rotatable bonds is 6. The Balaban J connectivity index is 1.82. The fourth-order valence-electron chi connectivity index (χ4n) is 2.77. The van der Waals surface area contributed by atoms with Crippen LogP contribution in [-0.2, 0) is 4.79 Å². The molecule has 0 bridgehead atoms. The van der Waals surface area contributed by atoms with Crippen molar-refractivity contribution in [2.75, 3.05) is 12.4 Å². The van der Waals surface area contributed by atoms with Gasteiger partial charge in [0.25, 0.3) is 5.91 Å². The first-order valence-electron chi connectivity index (χ1n) is 9.00. The molecule has 0 unspecified atom stereocenters. The minimum Gasteiger partial charge on any atom is -0.496 e. The number of hydrogen-bond acceptors (Lipinski definition) is 4. The Morgan fingerprint density at radius 3 is 2.41 bits per heavy atom. The van der Waals surface area contributed by atoms with Gasteiger partial charge >= 0.3 is 0 Å². The number of methoxy groups -OCH3 is 1. The molecule has 0 saturated carbocycles. The first-order valence-corrected chi connectivity index (χ1v) is 9.00. The zero-order chi connectivity index (χ0) is 20.6. The SMILES string of the molecule is COc1ccc(/C=C(\C#N)C(=O)Nc2ccccc2Oc2ccccc2)cc1C. The Bertz CT molecular complexity index is 1080. The number of hydrogen-bond donors (Lipinski definition) is 1. The molecule has 3 aromatic rings. The molecule has 0 aromatic heterocycles. The highest BCUT2D eigenvalue weighted by Gasteiger charge is 2.13. The lowest BCUT2D eigenvalue weighted by Crippen LogP contribution is -2.14. The number of carbonyl (C=O) groups excluding carboxylic acids is 1. The zero-order valence-electron chi connectivity index (χ0n) is 16.2. The van der Waals surface area contributed by atoms with E-state index in [1.165, 1.54) is 0 Å². The molecule has 0 atom stereocenters. The van der Waals surface area contributed by atoms with E-state index in [2.05, 4.69) is 5.32 Å². The van der Waals surface area contributed by atoms with Crippen LogP contribution in [0.25, 0.3) is 6.08 Å². The van der Waals surface area contributed by atoms with Crippen LogP contribution in [0.3, 0.4) is 0 Å². The van der Waals surface area contributed by atoms with Crippen molar-refractivity contribution in [1.29, 1.82) is 5.26 Å². The second kappa shape index (κ2) is 9.25. The standard InChI is InChI=1S/C24H20N2O3/c1-17-14-18(12-13-22(17)28-2)15-19(16-25)24(27)26-21-10-6-7-11-23(21)29-20-8-4-3-5-9-20/h3-15H,1-2H3,(H,26,27)/b19-15+. The molecule has 3 rings (SSSR count). The number of nitrogens with one attached hydrogen (secondary N) is 1. The number of carbonyl (C=O) groups is 1. The lowest BCUT2D eigenvalue weighted by molar-refractivity contribution is -0.112. The number of nitriles is 1. The van der Waals surface area contributed by atoms with Gasteiger partial charge in [-0.2, -0.15) is 5.26 Å². The highest BCUT2D eigenvalue weighted by Crippen LogP contribution is 2.29. The van der Waals surface area contributed by atoms with Crippen LogP contribution in [0.15, 0.2) is 78.4 Å². The van der Waals surface area contributed by atoms with E-state index in [4.69, 9.17) is 9.47 Å². The van der Waals surface area contributed by atoms with Gasteiger partial charge in [0.05, 0.1) is 12.8 Å². The number of benzene rings is 3. The van der Waals surface area contributed by atoms with Gasteiger partial charge in [0.2, 0.25) is 0 Å². The molecule has 0 aliphatic heterocycles. The van der Waals surface area contributed by atoms with Crippen molar-refractivity contribution < 1.29 is 14.3 Å². The summed E-state index contributed by atoms with van der Waals surface area (Å²) >= 11 is 0. The first-order chi connectivity index (χ1) is 14.1. The van der Waals surface area contributed by atoms with Crippen LogP contribution >= 0.6 is 0 Å². The Morgan fingerprint density at radius 1 is 1.00 bits per heavy atom.